The van der Waals surface area contributed by atoms with Gasteiger partial charge in [-0.05, 0) is 40.8 Å². The van der Waals surface area contributed by atoms with Gasteiger partial charge in [0.2, 0.25) is 11.8 Å². The lowest BCUT2D eigenvalue weighted by molar-refractivity contribution is -0.122. The Kier molecular flexibility index (Phi) is 3.24. The van der Waals surface area contributed by atoms with Gasteiger partial charge in [-0.3, -0.25) is 9.59 Å². The molecule has 4 heteroatoms. The fourth-order valence-corrected chi connectivity index (χ4v) is 5.80. The lowest BCUT2D eigenvalue weighted by atomic mass is 9.55. The molecule has 0 saturated carbocycles. The number of amides is 2. The van der Waals surface area contributed by atoms with E-state index in [4.69, 9.17) is 0 Å². The first kappa shape index (κ1) is 16.7. The van der Waals surface area contributed by atoms with Gasteiger partial charge in [-0.2, -0.15) is 0 Å². The molecule has 7 rings (SSSR count). The Hall–Kier alpha value is -3.27. The van der Waals surface area contributed by atoms with Crippen molar-refractivity contribution in [1.82, 2.24) is 0 Å². The van der Waals surface area contributed by atoms with E-state index in [1.54, 1.807) is 19.1 Å². The van der Waals surface area contributed by atoms with Crippen LogP contribution < -0.4 is 4.90 Å². The Morgan fingerprint density at radius 1 is 0.690 bits per heavy atom. The van der Waals surface area contributed by atoms with Gasteiger partial charge >= 0.3 is 0 Å². The van der Waals surface area contributed by atoms with Crippen LogP contribution in [0.2, 0.25) is 0 Å². The molecule has 1 aliphatic heterocycles. The summed E-state index contributed by atoms with van der Waals surface area (Å²) < 4.78 is 14.7. The maximum Gasteiger partial charge on any atom is 0.238 e. The molecule has 1 heterocycles. The van der Waals surface area contributed by atoms with Gasteiger partial charge in [0.15, 0.2) is 0 Å². The maximum atomic E-state index is 14.7. The second-order valence-corrected chi connectivity index (χ2v) is 8.18. The third-order valence-corrected chi connectivity index (χ3v) is 6.86. The van der Waals surface area contributed by atoms with E-state index < -0.39 is 17.7 Å². The summed E-state index contributed by atoms with van der Waals surface area (Å²) in [4.78, 5) is 28.3. The van der Waals surface area contributed by atoms with Crippen LogP contribution in [0.5, 0.6) is 0 Å². The molecule has 2 unspecified atom stereocenters. The van der Waals surface area contributed by atoms with Crippen LogP contribution in [-0.4, -0.2) is 11.8 Å². The van der Waals surface area contributed by atoms with Crippen molar-refractivity contribution < 1.29 is 14.0 Å². The third kappa shape index (κ3) is 1.96. The molecule has 2 bridgehead atoms. The van der Waals surface area contributed by atoms with Crippen molar-refractivity contribution >= 4 is 17.5 Å². The molecule has 0 aromatic heterocycles. The van der Waals surface area contributed by atoms with Crippen LogP contribution in [0.15, 0.2) is 66.7 Å². The molecule has 2 amide bonds. The summed E-state index contributed by atoms with van der Waals surface area (Å²) in [6.07, 6.45) is 0. The number of hydrogen-bond acceptors (Lipinski definition) is 2. The summed E-state index contributed by atoms with van der Waals surface area (Å²) in [5.74, 6) is -2.43. The molecule has 142 valence electrons. The molecule has 2 atom stereocenters. The Labute approximate surface area is 167 Å². The fourth-order valence-electron chi connectivity index (χ4n) is 5.80. The first-order valence-electron chi connectivity index (χ1n) is 9.90. The summed E-state index contributed by atoms with van der Waals surface area (Å²) in [6, 6.07) is 20.8. The summed E-state index contributed by atoms with van der Waals surface area (Å²) in [6.45, 7) is 1.74. The molecule has 29 heavy (non-hydrogen) atoms. The largest absolute Gasteiger partial charge is 0.274 e. The number of aryl methyl sites for hydroxylation is 1. The van der Waals surface area contributed by atoms with Gasteiger partial charge in [0.05, 0.1) is 17.5 Å². The van der Waals surface area contributed by atoms with Crippen LogP contribution in [0, 0.1) is 24.6 Å². The normalized spacial score (nSPS) is 26.3. The highest BCUT2D eigenvalue weighted by Crippen LogP contribution is 2.61. The zero-order chi connectivity index (χ0) is 19.9. The minimum absolute atomic E-state index is 0.101. The Balaban J connectivity index is 1.60. The van der Waals surface area contributed by atoms with E-state index in [0.717, 1.165) is 27.2 Å². The van der Waals surface area contributed by atoms with Crippen LogP contribution in [0.3, 0.4) is 0 Å². The number of nitrogens with zero attached hydrogens (tertiary/aromatic N) is 1. The third-order valence-electron chi connectivity index (χ3n) is 6.86. The van der Waals surface area contributed by atoms with Crippen LogP contribution >= 0.6 is 0 Å². The molecule has 4 aliphatic rings. The predicted octanol–water partition coefficient (Wildman–Crippen LogP) is 4.53. The van der Waals surface area contributed by atoms with Crippen LogP contribution in [0.4, 0.5) is 10.1 Å². The zero-order valence-electron chi connectivity index (χ0n) is 15.8. The van der Waals surface area contributed by atoms with Crippen molar-refractivity contribution in [3.63, 3.8) is 0 Å². The summed E-state index contributed by atoms with van der Waals surface area (Å²) >= 11 is 0. The van der Waals surface area contributed by atoms with Gasteiger partial charge in [0, 0.05) is 11.8 Å². The quantitative estimate of drug-likeness (QED) is 0.579. The molecule has 3 aromatic rings. The maximum absolute atomic E-state index is 14.7. The molecule has 0 N–H and O–H groups in total. The molecule has 3 aliphatic carbocycles. The van der Waals surface area contributed by atoms with Crippen molar-refractivity contribution in [3.05, 3.63) is 100 Å². The smallest absolute Gasteiger partial charge is 0.238 e. The molecule has 1 fully saturated rings. The number of para-hydroxylation sites is 1. The lowest BCUT2D eigenvalue weighted by Crippen LogP contribution is -2.41. The Bertz CT molecular complexity index is 1080. The van der Waals surface area contributed by atoms with Crippen LogP contribution in [-0.2, 0) is 9.59 Å². The van der Waals surface area contributed by atoms with E-state index in [9.17, 15) is 14.0 Å². The number of rotatable bonds is 1. The van der Waals surface area contributed by atoms with E-state index in [0.29, 0.717) is 5.56 Å². The molecular formula is C25H18FNO2. The van der Waals surface area contributed by atoms with Crippen molar-refractivity contribution in [2.45, 2.75) is 18.8 Å². The van der Waals surface area contributed by atoms with Gasteiger partial charge in [-0.15, -0.1) is 0 Å². The topological polar surface area (TPSA) is 37.4 Å². The average Bonchev–Trinajstić information content (AvgIpc) is 2.99. The van der Waals surface area contributed by atoms with E-state index in [1.807, 2.05) is 24.3 Å². The average molecular weight is 383 g/mol. The number of imide groups is 1. The highest BCUT2D eigenvalue weighted by atomic mass is 19.1. The van der Waals surface area contributed by atoms with Crippen molar-refractivity contribution in [3.8, 4) is 0 Å². The monoisotopic (exact) mass is 383 g/mol. The fraction of sp³-hybridized carbons (Fsp3) is 0.200. The molecule has 3 nitrogen and oxygen atoms in total. The first-order chi connectivity index (χ1) is 14.1. The van der Waals surface area contributed by atoms with Crippen molar-refractivity contribution in [1.29, 1.82) is 0 Å². The van der Waals surface area contributed by atoms with E-state index in [-0.39, 0.29) is 29.3 Å². The summed E-state index contributed by atoms with van der Waals surface area (Å²) in [5, 5.41) is 0. The number of halogens is 1. The predicted molar refractivity (Wildman–Crippen MR) is 107 cm³/mol. The summed E-state index contributed by atoms with van der Waals surface area (Å²) in [5.41, 5.74) is 5.16. The number of hydrogen-bond donors (Lipinski definition) is 0. The second kappa shape index (κ2) is 5.63. The molecular weight excluding hydrogens is 365 g/mol. The highest BCUT2D eigenvalue weighted by Gasteiger charge is 2.62. The number of benzene rings is 3. The van der Waals surface area contributed by atoms with Gasteiger partial charge < -0.3 is 0 Å². The lowest BCUT2D eigenvalue weighted by Gasteiger charge is -2.45. The minimum atomic E-state index is -0.535. The highest BCUT2D eigenvalue weighted by molar-refractivity contribution is 6.23. The van der Waals surface area contributed by atoms with Gasteiger partial charge in [-0.1, -0.05) is 60.7 Å². The number of carbonyl (C=O) groups is 2. The van der Waals surface area contributed by atoms with Crippen molar-refractivity contribution in [2.24, 2.45) is 11.8 Å². The van der Waals surface area contributed by atoms with E-state index in [1.165, 1.54) is 6.07 Å². The molecule has 3 aromatic carbocycles. The standard InChI is InChI=1S/C25H18FNO2/c1-13-7-6-12-18(26)23(13)27-24(28)21-19-14-8-2-3-9-15(14)20(22(21)25(27)29)17-11-5-4-10-16(17)19/h2-12,19-22H,1H3. The van der Waals surface area contributed by atoms with Crippen molar-refractivity contribution in [2.75, 3.05) is 4.90 Å². The summed E-state index contributed by atoms with van der Waals surface area (Å²) in [7, 11) is 0. The van der Waals surface area contributed by atoms with Crippen LogP contribution in [0.1, 0.15) is 39.7 Å². The number of carbonyl (C=O) groups excluding carboxylic acids is 2. The second-order valence-electron chi connectivity index (χ2n) is 8.18. The van der Waals surface area contributed by atoms with Crippen LogP contribution in [0.25, 0.3) is 0 Å². The zero-order valence-corrected chi connectivity index (χ0v) is 15.8. The van der Waals surface area contributed by atoms with Gasteiger partial charge in [-0.25, -0.2) is 9.29 Å². The van der Waals surface area contributed by atoms with E-state index in [2.05, 4.69) is 24.3 Å². The minimum Gasteiger partial charge on any atom is -0.274 e. The molecule has 1 saturated heterocycles. The molecule has 0 spiro atoms. The van der Waals surface area contributed by atoms with E-state index >= 15 is 0 Å². The first-order valence-corrected chi connectivity index (χ1v) is 9.90. The van der Waals surface area contributed by atoms with Gasteiger partial charge in [0.25, 0.3) is 0 Å². The number of anilines is 1. The van der Waals surface area contributed by atoms with Gasteiger partial charge in [0.1, 0.15) is 5.82 Å². The Morgan fingerprint density at radius 3 is 1.55 bits per heavy atom. The molecule has 0 radical (unpaired) electrons. The SMILES string of the molecule is Cc1cccc(F)c1N1C(=O)C2C3c4ccccc4C(c4ccccc43)C2C1=O. The Morgan fingerprint density at radius 2 is 1.14 bits per heavy atom.